The fourth-order valence-corrected chi connectivity index (χ4v) is 14.4. The molecule has 0 bridgehead atoms. The summed E-state index contributed by atoms with van der Waals surface area (Å²) in [6.07, 6.45) is 25.5. The molecule has 0 unspecified atom stereocenters. The molecule has 0 aliphatic carbocycles. The van der Waals surface area contributed by atoms with Crippen molar-refractivity contribution >= 4 is 167 Å². The number of carbonyl (C=O) groups is 6. The number of halogens is 3. The number of nitrogens with two attached hydrogens (primary N) is 5. The van der Waals surface area contributed by atoms with E-state index < -0.39 is 17.7 Å². The number of carboxylic acid groups (broad SMARTS) is 1. The zero-order valence-electron chi connectivity index (χ0n) is 89.4. The van der Waals surface area contributed by atoms with E-state index in [0.29, 0.717) is 96.9 Å². The number of benzene rings is 4. The Bertz CT molecular complexity index is 6330. The average Bonchev–Trinajstić information content (AvgIpc) is 1.62. The van der Waals surface area contributed by atoms with Crippen molar-refractivity contribution in [3.8, 4) is 39.4 Å². The minimum Gasteiger partial charge on any atom is -0.870 e. The van der Waals surface area contributed by atoms with Crippen LogP contribution in [0.3, 0.4) is 0 Å². The summed E-state index contributed by atoms with van der Waals surface area (Å²) in [5.41, 5.74) is 51.2. The summed E-state index contributed by atoms with van der Waals surface area (Å²) < 4.78 is 29.4. The number of aliphatic carboxylic acids is 1. The number of aryl methyl sites for hydroxylation is 5. The molecule has 792 valence electrons. The molecule has 5 aliphatic rings. The Morgan fingerprint density at radius 2 is 0.820 bits per heavy atom. The zero-order chi connectivity index (χ0) is 109. The predicted molar refractivity (Wildman–Crippen MR) is 603 cm³/mol. The number of nitriles is 1. The first-order valence-corrected chi connectivity index (χ1v) is 51.3. The van der Waals surface area contributed by atoms with Crippen molar-refractivity contribution < 1.29 is 91.4 Å². The third-order valence-corrected chi connectivity index (χ3v) is 23.3. The number of nitrogens with zero attached hydrogens (tertiary/aromatic N) is 12. The number of rotatable bonds is 24. The maximum atomic E-state index is 12.9. The number of primary amides is 1. The van der Waals surface area contributed by atoms with Gasteiger partial charge in [-0.25, -0.2) is 49.7 Å². The second-order valence-corrected chi connectivity index (χ2v) is 37.8. The van der Waals surface area contributed by atoms with E-state index in [9.17, 15) is 33.9 Å². The monoisotopic (exact) mass is 2230 g/mol. The first-order chi connectivity index (χ1) is 70.6. The number of aromatic nitrogens is 6. The first kappa shape index (κ1) is 129. The number of hydrogen-bond donors (Lipinski definition) is 7. The van der Waals surface area contributed by atoms with Crippen molar-refractivity contribution in [1.29, 1.82) is 5.26 Å². The van der Waals surface area contributed by atoms with Crippen LogP contribution < -0.4 is 58.5 Å². The SMILES string of the molecule is CC#N.CC(C)(C)OC(N)=O.CCCN(OCC)C(=O)C1=Cc2ccc(-c3ccc(CC)nc3)cc2N=C(N)C1.CCCNOCC.CCOC(=O)C1=Cc2ccc(-c3ccc(CC)nc3)cc2N=C(N)C1.CCOC(=O)C1=Cc2ccc(Br)cc2N=C(N)C1.CCc1ccc(-c2ccc3c(c2)N=C(N)CC(C(=O)O)=C3)cn1.CCc1ccc(B2OC(C)(C)C(C)(C)O2)cn1.CCc1ccc(Br)cn1.O=Cc1ccc(Br)cn1.[Li+].[OH-]. The van der Waals surface area contributed by atoms with Crippen LogP contribution in [0, 0.1) is 11.3 Å². The van der Waals surface area contributed by atoms with E-state index in [2.05, 4.69) is 189 Å². The number of ether oxygens (including phenoxy) is 3. The molecule has 1 saturated heterocycles. The molecule has 150 heavy (non-hydrogen) atoms. The van der Waals surface area contributed by atoms with Crippen LogP contribution in [-0.4, -0.2) is 169 Å². The summed E-state index contributed by atoms with van der Waals surface area (Å²) in [4.78, 5) is 122. The Balaban J connectivity index is 0.000000361. The average molecular weight is 2230 g/mol. The summed E-state index contributed by atoms with van der Waals surface area (Å²) in [5, 5.41) is 17.9. The van der Waals surface area contributed by atoms with Gasteiger partial charge in [0.2, 0.25) is 0 Å². The maximum Gasteiger partial charge on any atom is 1.00 e. The van der Waals surface area contributed by atoms with Crippen molar-refractivity contribution in [3.63, 3.8) is 0 Å². The summed E-state index contributed by atoms with van der Waals surface area (Å²) in [5.74, 6) is -0.311. The largest absolute Gasteiger partial charge is 1.00 e. The Morgan fingerprint density at radius 1 is 0.473 bits per heavy atom. The van der Waals surface area contributed by atoms with Crippen molar-refractivity contribution in [3.05, 3.63) is 275 Å². The normalized spacial score (nSPS) is 13.2. The number of esters is 2. The molecule has 0 radical (unpaired) electrons. The topological polar surface area (TPSA) is 513 Å². The van der Waals surface area contributed by atoms with Crippen molar-refractivity contribution in [1.82, 2.24) is 40.4 Å². The number of fused-ring (bicyclic) bond motifs is 4. The second-order valence-electron chi connectivity index (χ2n) is 35.0. The summed E-state index contributed by atoms with van der Waals surface area (Å²) in [7, 11) is -0.307. The molecule has 33 nitrogen and oxygen atoms in total. The van der Waals surface area contributed by atoms with Crippen LogP contribution in [0.2, 0.25) is 0 Å². The van der Waals surface area contributed by atoms with Crippen LogP contribution in [0.1, 0.15) is 231 Å². The molecule has 4 aromatic carbocycles. The fraction of sp³-hybridized carbons (Fsp3) is 0.348. The number of aliphatic imine (C=N–C) groups is 4. The van der Waals surface area contributed by atoms with Crippen LogP contribution in [0.4, 0.5) is 27.5 Å². The first-order valence-electron chi connectivity index (χ1n) is 48.9. The van der Waals surface area contributed by atoms with Crippen LogP contribution in [-0.2, 0) is 84.5 Å². The summed E-state index contributed by atoms with van der Waals surface area (Å²) in [6, 6.07) is 48.7. The van der Waals surface area contributed by atoms with Crippen molar-refractivity contribution in [2.24, 2.45) is 48.6 Å². The standard InChI is InChI=1S/C23H28N4O2.C20H21N3O2.C18H17N3O2.C13H20BNO2.C13H13BrN2O2.C7H8BrN.C6H4BrNO.C5H11NO2.C5H13NO.C2H3N.Li.H2O/c1-4-11-27(29-6-3)23(28)19-12-17-8-7-16(13-21(17)26-22(24)14-19)18-9-10-20(5-2)25-15-18;1-3-17-8-7-15(12-22-17)13-5-6-14-9-16(20(24)25-4-2)11-19(21)23-18(14)10-13;1-2-15-6-5-13(10-20-15)11-3-4-12-7-14(18(22)23)9-17(19)21-16(12)8-11;1-6-11-8-7-10(9-15-11)14-16-12(2,3)13(4,5)17-14;1-2-18-13(17)9-5-8-3-4-10(14)7-11(8)16-12(15)6-9;1-2-7-4-3-6(8)5-9-7;7-5-1-2-6(4-9)8-3-5;1-5(2,3)8-4(6)7;1-3-5-6-7-4-2;1-2-3;;/h7-10,12-13,15H,4-6,11,14H2,1-3H3,(H2,24,26);5-10,12H,3-4,11H2,1-2H3,(H2,21,23);3-8,10H,2,9H2,1H3,(H2,19,21)(H,22,23);7-9H,6H2,1-5H3;3-5,7H,2,6H2,1H3,(H2,15,16);3-5H,2H2,1H3;1-4H;1-3H3,(H2,6,7);6H,3-5H2,1-2H3;1H3;;1H2/q;;;;;;;;;;+1;/p-1. The van der Waals surface area contributed by atoms with E-state index in [1.54, 1.807) is 77.2 Å². The molecule has 13 N–H and O–H groups in total. The van der Waals surface area contributed by atoms with Gasteiger partial charge in [0.05, 0.1) is 66.4 Å². The van der Waals surface area contributed by atoms with Gasteiger partial charge >= 0.3 is 50.0 Å². The summed E-state index contributed by atoms with van der Waals surface area (Å²) >= 11 is 9.89. The van der Waals surface area contributed by atoms with Crippen LogP contribution in [0.15, 0.2) is 238 Å². The molecule has 10 aromatic rings. The number of carboxylic acids is 1. The van der Waals surface area contributed by atoms with E-state index in [1.165, 1.54) is 12.0 Å². The van der Waals surface area contributed by atoms with Crippen LogP contribution in [0.25, 0.3) is 57.7 Å². The fourth-order valence-electron chi connectivity index (χ4n) is 13.6. The Labute approximate surface area is 918 Å². The molecule has 38 heteroatoms. The minimum absolute atomic E-state index is 0. The van der Waals surface area contributed by atoms with E-state index in [4.69, 9.17) is 62.4 Å². The molecule has 2 amide bonds. The molecular weight excluding hydrogens is 2090 g/mol. The Kier molecular flexibility index (Phi) is 57.1. The number of carbonyl (C=O) groups excluding carboxylic acids is 5. The van der Waals surface area contributed by atoms with E-state index in [1.807, 2.05) is 179 Å². The van der Waals surface area contributed by atoms with Crippen molar-refractivity contribution in [2.45, 2.75) is 219 Å². The molecule has 1 fully saturated rings. The molecule has 0 saturated carbocycles. The molecule has 5 aliphatic heterocycles. The molecule has 11 heterocycles. The molecule has 0 spiro atoms. The van der Waals surface area contributed by atoms with Crippen LogP contribution >= 0.6 is 47.8 Å². The van der Waals surface area contributed by atoms with Gasteiger partial charge in [-0.05, 0) is 273 Å². The molecule has 6 aromatic heterocycles. The molecule has 0 atom stereocenters. The third kappa shape index (κ3) is 43.8. The third-order valence-electron chi connectivity index (χ3n) is 21.8. The number of amidine groups is 4. The maximum absolute atomic E-state index is 12.9. The quantitative estimate of drug-likeness (QED) is 0.00737. The van der Waals surface area contributed by atoms with Crippen LogP contribution in [0.5, 0.6) is 0 Å². The Morgan fingerprint density at radius 3 is 1.13 bits per heavy atom. The minimum atomic E-state index is -0.973. The van der Waals surface area contributed by atoms with E-state index in [-0.39, 0.29) is 78.9 Å². The zero-order valence-corrected chi connectivity index (χ0v) is 94.2. The molecular formula is C112H139BBr3LiN18O15. The van der Waals surface area contributed by atoms with Gasteiger partial charge < -0.3 is 67.6 Å². The van der Waals surface area contributed by atoms with Gasteiger partial charge in [-0.15, -0.1) is 0 Å². The van der Waals surface area contributed by atoms with Gasteiger partial charge in [-0.2, -0.15) is 5.26 Å². The number of pyridine rings is 6. The van der Waals surface area contributed by atoms with E-state index >= 15 is 0 Å². The number of aldehydes is 1. The predicted octanol–water partition coefficient (Wildman–Crippen LogP) is 19.1. The molecule has 15 rings (SSSR count). The van der Waals surface area contributed by atoms with E-state index in [0.717, 1.165) is 178 Å². The van der Waals surface area contributed by atoms with Gasteiger partial charge in [0.25, 0.3) is 5.91 Å². The number of hydrogen-bond acceptors (Lipinski definition) is 30. The number of amides is 2. The van der Waals surface area contributed by atoms with Gasteiger partial charge in [0.1, 0.15) is 34.6 Å². The van der Waals surface area contributed by atoms with Gasteiger partial charge in [0.15, 0.2) is 6.29 Å². The van der Waals surface area contributed by atoms with Gasteiger partial charge in [-0.3, -0.25) is 44.3 Å². The second kappa shape index (κ2) is 66.4. The van der Waals surface area contributed by atoms with Gasteiger partial charge in [-0.1, -0.05) is 131 Å². The smallest absolute Gasteiger partial charge is 0.870 e. The summed E-state index contributed by atoms with van der Waals surface area (Å²) in [6.45, 7) is 40.2. The number of nitrogens with one attached hydrogen (secondary N) is 1. The van der Waals surface area contributed by atoms with Crippen molar-refractivity contribution in [2.75, 3.05) is 39.5 Å². The van der Waals surface area contributed by atoms with Gasteiger partial charge in [0, 0.05) is 191 Å². The Hall–Kier alpha value is -13.2. The number of hydroxylamine groups is 3.